The average Bonchev–Trinajstić information content (AvgIpc) is 2.84. The first-order chi connectivity index (χ1) is 10.6. The van der Waals surface area contributed by atoms with Gasteiger partial charge in [-0.2, -0.15) is 0 Å². The van der Waals surface area contributed by atoms with Gasteiger partial charge in [0.1, 0.15) is 5.82 Å². The molecule has 1 aliphatic rings. The van der Waals surface area contributed by atoms with Crippen LogP contribution in [-0.4, -0.2) is 44.8 Å². The van der Waals surface area contributed by atoms with Gasteiger partial charge >= 0.3 is 6.03 Å². The number of benzene rings is 1. The zero-order chi connectivity index (χ0) is 15.9. The molecule has 1 fully saturated rings. The highest BCUT2D eigenvalue weighted by Gasteiger charge is 2.31. The maximum atomic E-state index is 13.2. The molecule has 1 atom stereocenters. The summed E-state index contributed by atoms with van der Waals surface area (Å²) in [4.78, 5) is 25.2. The summed E-state index contributed by atoms with van der Waals surface area (Å²) in [5.41, 5.74) is 0.509. The van der Waals surface area contributed by atoms with Crippen molar-refractivity contribution < 1.29 is 18.7 Å². The second-order valence-corrected chi connectivity index (χ2v) is 5.13. The molecule has 0 aromatic heterocycles. The molecule has 120 valence electrons. The zero-order valence-corrected chi connectivity index (χ0v) is 12.5. The second-order valence-electron chi connectivity index (χ2n) is 5.13. The maximum absolute atomic E-state index is 13.2. The van der Waals surface area contributed by atoms with Gasteiger partial charge in [0.15, 0.2) is 0 Å². The fourth-order valence-corrected chi connectivity index (χ4v) is 2.35. The molecular formula is C15H20FN3O3. The number of hydrogen-bond donors (Lipinski definition) is 2. The van der Waals surface area contributed by atoms with E-state index in [1.807, 2.05) is 0 Å². The largest absolute Gasteiger partial charge is 0.385 e. The van der Waals surface area contributed by atoms with Crippen molar-refractivity contribution in [2.24, 2.45) is 0 Å². The van der Waals surface area contributed by atoms with Crippen molar-refractivity contribution in [3.8, 4) is 0 Å². The Balaban J connectivity index is 1.83. The van der Waals surface area contributed by atoms with Crippen LogP contribution in [0, 0.1) is 5.82 Å². The Morgan fingerprint density at radius 3 is 3.05 bits per heavy atom. The van der Waals surface area contributed by atoms with Crippen LogP contribution in [-0.2, 0) is 9.53 Å². The lowest BCUT2D eigenvalue weighted by Crippen LogP contribution is -2.43. The maximum Gasteiger partial charge on any atom is 0.315 e. The van der Waals surface area contributed by atoms with Gasteiger partial charge < -0.3 is 20.3 Å². The van der Waals surface area contributed by atoms with Crippen molar-refractivity contribution >= 4 is 17.6 Å². The van der Waals surface area contributed by atoms with Crippen LogP contribution >= 0.6 is 0 Å². The molecule has 1 aromatic carbocycles. The molecule has 1 aliphatic heterocycles. The lowest BCUT2D eigenvalue weighted by Gasteiger charge is -2.17. The van der Waals surface area contributed by atoms with E-state index in [0.29, 0.717) is 25.4 Å². The van der Waals surface area contributed by atoms with Crippen LogP contribution < -0.4 is 15.5 Å². The average molecular weight is 309 g/mol. The molecule has 22 heavy (non-hydrogen) atoms. The van der Waals surface area contributed by atoms with Crippen LogP contribution in [0.15, 0.2) is 24.3 Å². The van der Waals surface area contributed by atoms with E-state index >= 15 is 0 Å². The molecule has 0 aliphatic carbocycles. The molecule has 2 N–H and O–H groups in total. The van der Waals surface area contributed by atoms with E-state index in [1.54, 1.807) is 19.2 Å². The number of halogens is 1. The Morgan fingerprint density at radius 1 is 1.50 bits per heavy atom. The van der Waals surface area contributed by atoms with E-state index in [0.717, 1.165) is 6.42 Å². The van der Waals surface area contributed by atoms with Gasteiger partial charge in [-0.3, -0.25) is 4.79 Å². The van der Waals surface area contributed by atoms with Crippen molar-refractivity contribution in [2.45, 2.75) is 18.9 Å². The van der Waals surface area contributed by atoms with Gasteiger partial charge in [0.2, 0.25) is 5.91 Å². The normalized spacial score (nSPS) is 17.6. The van der Waals surface area contributed by atoms with Crippen molar-refractivity contribution in [3.05, 3.63) is 30.1 Å². The first-order valence-electron chi connectivity index (χ1n) is 7.19. The minimum Gasteiger partial charge on any atom is -0.385 e. The molecule has 0 radical (unpaired) electrons. The quantitative estimate of drug-likeness (QED) is 0.777. The molecule has 2 rings (SSSR count). The monoisotopic (exact) mass is 309 g/mol. The summed E-state index contributed by atoms with van der Waals surface area (Å²) in [6.07, 6.45) is 0.935. The second kappa shape index (κ2) is 7.74. The summed E-state index contributed by atoms with van der Waals surface area (Å²) < 4.78 is 18.1. The minimum atomic E-state index is -0.391. The molecule has 1 aromatic rings. The number of rotatable bonds is 6. The lowest BCUT2D eigenvalue weighted by molar-refractivity contribution is -0.117. The third-order valence-corrected chi connectivity index (χ3v) is 3.39. The van der Waals surface area contributed by atoms with E-state index in [-0.39, 0.29) is 24.4 Å². The van der Waals surface area contributed by atoms with Crippen LogP contribution in [0.3, 0.4) is 0 Å². The van der Waals surface area contributed by atoms with E-state index in [9.17, 15) is 14.0 Å². The number of nitrogens with one attached hydrogen (secondary N) is 2. The molecule has 0 saturated carbocycles. The topological polar surface area (TPSA) is 70.7 Å². The van der Waals surface area contributed by atoms with Crippen LogP contribution in [0.5, 0.6) is 0 Å². The molecule has 0 unspecified atom stereocenters. The number of urea groups is 1. The van der Waals surface area contributed by atoms with Gasteiger partial charge in [-0.05, 0) is 24.6 Å². The Hall–Kier alpha value is -2.15. The number of ether oxygens (including phenoxy) is 1. The number of anilines is 1. The van der Waals surface area contributed by atoms with Crippen molar-refractivity contribution in [1.29, 1.82) is 0 Å². The lowest BCUT2D eigenvalue weighted by atomic mass is 10.2. The van der Waals surface area contributed by atoms with Crippen molar-refractivity contribution in [2.75, 3.05) is 31.7 Å². The number of carbonyl (C=O) groups excluding carboxylic acids is 2. The third kappa shape index (κ3) is 4.42. The molecule has 1 heterocycles. The summed E-state index contributed by atoms with van der Waals surface area (Å²) in [5.74, 6) is -0.520. The number of methoxy groups -OCH3 is 1. The predicted molar refractivity (Wildman–Crippen MR) is 80.2 cm³/mol. The van der Waals surface area contributed by atoms with Gasteiger partial charge in [-0.1, -0.05) is 6.07 Å². The third-order valence-electron chi connectivity index (χ3n) is 3.39. The van der Waals surface area contributed by atoms with Crippen molar-refractivity contribution in [1.82, 2.24) is 10.6 Å². The first kappa shape index (κ1) is 16.2. The number of amides is 3. The summed E-state index contributed by atoms with van der Waals surface area (Å²) in [5, 5.41) is 5.46. The summed E-state index contributed by atoms with van der Waals surface area (Å²) >= 11 is 0. The standard InChI is InChI=1S/C15H20FN3O3/c1-22-7-3-6-17-15(21)18-12-9-14(20)19(10-12)13-5-2-4-11(16)8-13/h2,4-5,8,12H,3,6-7,9-10H2,1H3,(H2,17,18,21)/t12-/m0/s1. The van der Waals surface area contributed by atoms with E-state index in [4.69, 9.17) is 4.74 Å². The first-order valence-corrected chi connectivity index (χ1v) is 7.19. The zero-order valence-electron chi connectivity index (χ0n) is 12.5. The highest BCUT2D eigenvalue weighted by molar-refractivity contribution is 5.96. The number of carbonyl (C=O) groups is 2. The summed E-state index contributed by atoms with van der Waals surface area (Å²) in [7, 11) is 1.60. The molecule has 6 nitrogen and oxygen atoms in total. The SMILES string of the molecule is COCCCNC(=O)N[C@H]1CC(=O)N(c2cccc(F)c2)C1. The van der Waals surface area contributed by atoms with Gasteiger partial charge in [0.05, 0.1) is 6.04 Å². The van der Waals surface area contributed by atoms with Gasteiger partial charge in [-0.15, -0.1) is 0 Å². The van der Waals surface area contributed by atoms with Gasteiger partial charge in [0.25, 0.3) is 0 Å². The van der Waals surface area contributed by atoms with Crippen molar-refractivity contribution in [3.63, 3.8) is 0 Å². The minimum absolute atomic E-state index is 0.129. The Kier molecular flexibility index (Phi) is 5.71. The molecule has 3 amide bonds. The Bertz CT molecular complexity index is 539. The van der Waals surface area contributed by atoms with Crippen LogP contribution in [0.25, 0.3) is 0 Å². The fraction of sp³-hybridized carbons (Fsp3) is 0.467. The molecule has 7 heteroatoms. The number of nitrogens with zero attached hydrogens (tertiary/aromatic N) is 1. The van der Waals surface area contributed by atoms with Crippen LogP contribution in [0.1, 0.15) is 12.8 Å². The van der Waals surface area contributed by atoms with E-state index in [2.05, 4.69) is 10.6 Å². The Morgan fingerprint density at radius 2 is 2.32 bits per heavy atom. The molecule has 0 spiro atoms. The number of hydrogen-bond acceptors (Lipinski definition) is 3. The predicted octanol–water partition coefficient (Wildman–Crippen LogP) is 1.27. The summed E-state index contributed by atoms with van der Waals surface area (Å²) in [6.45, 7) is 1.43. The molecular weight excluding hydrogens is 289 g/mol. The fourth-order valence-electron chi connectivity index (χ4n) is 2.35. The summed E-state index contributed by atoms with van der Waals surface area (Å²) in [6, 6.07) is 5.28. The van der Waals surface area contributed by atoms with E-state index in [1.165, 1.54) is 17.0 Å². The van der Waals surface area contributed by atoms with Crippen LogP contribution in [0.4, 0.5) is 14.9 Å². The Labute approximate surface area is 128 Å². The highest BCUT2D eigenvalue weighted by Crippen LogP contribution is 2.22. The molecule has 1 saturated heterocycles. The smallest absolute Gasteiger partial charge is 0.315 e. The highest BCUT2D eigenvalue weighted by atomic mass is 19.1. The van der Waals surface area contributed by atoms with Crippen LogP contribution in [0.2, 0.25) is 0 Å². The van der Waals surface area contributed by atoms with Gasteiger partial charge in [0, 0.05) is 38.9 Å². The van der Waals surface area contributed by atoms with Gasteiger partial charge in [-0.25, -0.2) is 9.18 Å². The molecule has 0 bridgehead atoms. The van der Waals surface area contributed by atoms with E-state index < -0.39 is 5.82 Å².